The number of nitrogens with zero attached hydrogens (tertiary/aromatic N) is 1. The topological polar surface area (TPSA) is 38.8 Å². The molecular formula is C16H19NO3. The lowest BCUT2D eigenvalue weighted by Crippen LogP contribution is -2.47. The molecule has 1 fully saturated rings. The third kappa shape index (κ3) is 2.10. The first-order valence-electron chi connectivity index (χ1n) is 6.80. The van der Waals surface area contributed by atoms with E-state index in [0.717, 1.165) is 24.3 Å². The van der Waals surface area contributed by atoms with Gasteiger partial charge in [0.25, 0.3) is 0 Å². The zero-order valence-electron chi connectivity index (χ0n) is 12.1. The average molecular weight is 273 g/mol. The molecule has 0 aliphatic carbocycles. The molecule has 2 unspecified atom stereocenters. The average Bonchev–Trinajstić information content (AvgIpc) is 2.71. The zero-order valence-corrected chi connectivity index (χ0v) is 12.1. The van der Waals surface area contributed by atoms with E-state index in [1.807, 2.05) is 19.1 Å². The molecule has 0 amide bonds. The standard InChI is InChI=1S/C16H19NO3/c1-16-10-17(2)14(8-12(16)9-15(18)20-16)11-4-6-13(19-3)7-5-11/h4-7,9,14H,8,10H2,1-3H3. The minimum Gasteiger partial charge on any atom is -0.497 e. The molecule has 3 rings (SSSR count). The highest BCUT2D eigenvalue weighted by Gasteiger charge is 2.45. The van der Waals surface area contributed by atoms with Crippen molar-refractivity contribution in [2.24, 2.45) is 0 Å². The molecule has 2 heterocycles. The van der Waals surface area contributed by atoms with Gasteiger partial charge in [-0.05, 0) is 43.7 Å². The lowest BCUT2D eigenvalue weighted by molar-refractivity contribution is -0.147. The molecule has 0 bridgehead atoms. The minimum atomic E-state index is -0.450. The van der Waals surface area contributed by atoms with Crippen LogP contribution in [0.25, 0.3) is 0 Å². The van der Waals surface area contributed by atoms with Crippen LogP contribution in [-0.2, 0) is 9.53 Å². The Bertz CT molecular complexity index is 564. The zero-order chi connectivity index (χ0) is 14.3. The summed E-state index contributed by atoms with van der Waals surface area (Å²) in [5.41, 5.74) is 1.88. The number of ether oxygens (including phenoxy) is 2. The summed E-state index contributed by atoms with van der Waals surface area (Å²) in [5, 5.41) is 0. The first kappa shape index (κ1) is 13.2. The number of likely N-dealkylation sites (N-methyl/N-ethyl adjacent to an activating group) is 1. The second kappa shape index (κ2) is 4.63. The number of piperidine rings is 1. The largest absolute Gasteiger partial charge is 0.497 e. The van der Waals surface area contributed by atoms with Gasteiger partial charge in [-0.3, -0.25) is 4.90 Å². The number of benzene rings is 1. The van der Waals surface area contributed by atoms with Crippen molar-refractivity contribution in [3.05, 3.63) is 41.5 Å². The third-order valence-corrected chi connectivity index (χ3v) is 4.29. The van der Waals surface area contributed by atoms with Crippen molar-refractivity contribution in [3.8, 4) is 5.75 Å². The molecule has 2 atom stereocenters. The number of hydrogen-bond donors (Lipinski definition) is 0. The molecule has 2 aliphatic heterocycles. The molecule has 0 radical (unpaired) electrons. The van der Waals surface area contributed by atoms with Crippen LogP contribution in [0.5, 0.6) is 5.75 Å². The predicted molar refractivity (Wildman–Crippen MR) is 75.6 cm³/mol. The second-order valence-corrected chi connectivity index (χ2v) is 5.73. The van der Waals surface area contributed by atoms with Gasteiger partial charge in [0, 0.05) is 18.7 Å². The second-order valence-electron chi connectivity index (χ2n) is 5.73. The number of hydrogen-bond acceptors (Lipinski definition) is 4. The molecular weight excluding hydrogens is 254 g/mol. The predicted octanol–water partition coefficient (Wildman–Crippen LogP) is 2.31. The van der Waals surface area contributed by atoms with Gasteiger partial charge in [-0.15, -0.1) is 0 Å². The van der Waals surface area contributed by atoms with Crippen LogP contribution in [0.15, 0.2) is 35.9 Å². The van der Waals surface area contributed by atoms with Crippen molar-refractivity contribution < 1.29 is 14.3 Å². The summed E-state index contributed by atoms with van der Waals surface area (Å²) in [5.74, 6) is 0.641. The summed E-state index contributed by atoms with van der Waals surface area (Å²) in [6.45, 7) is 2.71. The highest BCUT2D eigenvalue weighted by molar-refractivity contribution is 5.87. The van der Waals surface area contributed by atoms with Gasteiger partial charge in [-0.1, -0.05) is 12.1 Å². The van der Waals surface area contributed by atoms with Crippen molar-refractivity contribution in [3.63, 3.8) is 0 Å². The van der Waals surface area contributed by atoms with Gasteiger partial charge < -0.3 is 9.47 Å². The number of methoxy groups -OCH3 is 1. The summed E-state index contributed by atoms with van der Waals surface area (Å²) in [7, 11) is 3.74. The highest BCUT2D eigenvalue weighted by Crippen LogP contribution is 2.42. The third-order valence-electron chi connectivity index (χ3n) is 4.29. The molecule has 4 nitrogen and oxygen atoms in total. The van der Waals surface area contributed by atoms with Crippen molar-refractivity contribution in [2.75, 3.05) is 20.7 Å². The maximum absolute atomic E-state index is 11.5. The summed E-state index contributed by atoms with van der Waals surface area (Å²) in [6, 6.07) is 8.39. The lowest BCUT2D eigenvalue weighted by atomic mass is 9.83. The summed E-state index contributed by atoms with van der Waals surface area (Å²) >= 11 is 0. The lowest BCUT2D eigenvalue weighted by Gasteiger charge is -2.42. The molecule has 1 aromatic rings. The monoisotopic (exact) mass is 273 g/mol. The van der Waals surface area contributed by atoms with Gasteiger partial charge in [0.1, 0.15) is 11.4 Å². The number of esters is 1. The Hall–Kier alpha value is -1.81. The van der Waals surface area contributed by atoms with E-state index in [2.05, 4.69) is 24.1 Å². The van der Waals surface area contributed by atoms with Gasteiger partial charge in [-0.25, -0.2) is 4.79 Å². The SMILES string of the molecule is COc1ccc(C2CC3=CC(=O)OC3(C)CN2C)cc1. The molecule has 20 heavy (non-hydrogen) atoms. The Morgan fingerprint density at radius 3 is 2.70 bits per heavy atom. The van der Waals surface area contributed by atoms with Crippen molar-refractivity contribution >= 4 is 5.97 Å². The van der Waals surface area contributed by atoms with Gasteiger partial charge in [0.2, 0.25) is 0 Å². The van der Waals surface area contributed by atoms with E-state index in [9.17, 15) is 4.79 Å². The van der Waals surface area contributed by atoms with Gasteiger partial charge >= 0.3 is 5.97 Å². The molecule has 1 aromatic carbocycles. The van der Waals surface area contributed by atoms with E-state index < -0.39 is 5.60 Å². The first-order chi connectivity index (χ1) is 9.51. The number of fused-ring (bicyclic) bond motifs is 1. The van der Waals surface area contributed by atoms with E-state index in [1.54, 1.807) is 13.2 Å². The molecule has 2 aliphatic rings. The molecule has 0 aromatic heterocycles. The van der Waals surface area contributed by atoms with Crippen LogP contribution in [0.4, 0.5) is 0 Å². The summed E-state index contributed by atoms with van der Waals surface area (Å²) in [4.78, 5) is 13.8. The van der Waals surface area contributed by atoms with Gasteiger partial charge in [0.05, 0.1) is 7.11 Å². The molecule has 0 saturated carbocycles. The van der Waals surface area contributed by atoms with E-state index >= 15 is 0 Å². The Kier molecular flexibility index (Phi) is 3.05. The van der Waals surface area contributed by atoms with E-state index in [1.165, 1.54) is 5.56 Å². The fraction of sp³-hybridized carbons (Fsp3) is 0.438. The Morgan fingerprint density at radius 2 is 2.05 bits per heavy atom. The number of rotatable bonds is 2. The van der Waals surface area contributed by atoms with Crippen LogP contribution in [0.1, 0.15) is 24.9 Å². The van der Waals surface area contributed by atoms with Crippen LogP contribution in [-0.4, -0.2) is 37.2 Å². The van der Waals surface area contributed by atoms with Gasteiger partial charge in [0.15, 0.2) is 0 Å². The fourth-order valence-electron chi connectivity index (χ4n) is 3.17. The van der Waals surface area contributed by atoms with E-state index in [-0.39, 0.29) is 12.0 Å². The Labute approximate surface area is 119 Å². The van der Waals surface area contributed by atoms with Crippen molar-refractivity contribution in [2.45, 2.75) is 25.0 Å². The number of carbonyl (C=O) groups excluding carboxylic acids is 1. The summed E-state index contributed by atoms with van der Waals surface area (Å²) in [6.07, 6.45) is 2.48. The van der Waals surface area contributed by atoms with E-state index in [0.29, 0.717) is 0 Å². The van der Waals surface area contributed by atoms with Crippen LogP contribution in [0.2, 0.25) is 0 Å². The van der Waals surface area contributed by atoms with Crippen LogP contribution in [0.3, 0.4) is 0 Å². The molecule has 106 valence electrons. The van der Waals surface area contributed by atoms with Crippen LogP contribution in [0, 0.1) is 0 Å². The fourth-order valence-corrected chi connectivity index (χ4v) is 3.17. The number of carbonyl (C=O) groups is 1. The maximum Gasteiger partial charge on any atom is 0.331 e. The number of likely N-dealkylation sites (tertiary alicyclic amines) is 1. The molecule has 0 spiro atoms. The normalized spacial score (nSPS) is 29.6. The molecule has 1 saturated heterocycles. The van der Waals surface area contributed by atoms with Crippen LogP contribution < -0.4 is 4.74 Å². The Balaban J connectivity index is 1.87. The highest BCUT2D eigenvalue weighted by atomic mass is 16.6. The van der Waals surface area contributed by atoms with E-state index in [4.69, 9.17) is 9.47 Å². The maximum atomic E-state index is 11.5. The minimum absolute atomic E-state index is 0.216. The Morgan fingerprint density at radius 1 is 1.35 bits per heavy atom. The molecule has 4 heteroatoms. The van der Waals surface area contributed by atoms with Gasteiger partial charge in [-0.2, -0.15) is 0 Å². The first-order valence-corrected chi connectivity index (χ1v) is 6.80. The van der Waals surface area contributed by atoms with Crippen molar-refractivity contribution in [1.82, 2.24) is 4.90 Å². The quantitative estimate of drug-likeness (QED) is 0.775. The summed E-state index contributed by atoms with van der Waals surface area (Å²) < 4.78 is 10.6. The molecule has 0 N–H and O–H groups in total. The van der Waals surface area contributed by atoms with Crippen LogP contribution >= 0.6 is 0 Å². The smallest absolute Gasteiger partial charge is 0.331 e. The van der Waals surface area contributed by atoms with Crippen molar-refractivity contribution in [1.29, 1.82) is 0 Å².